The lowest BCUT2D eigenvalue weighted by atomic mass is 9.86. The predicted octanol–water partition coefficient (Wildman–Crippen LogP) is 5.23. The van der Waals surface area contributed by atoms with Crippen molar-refractivity contribution in [3.8, 4) is 11.3 Å². The number of hydrogen-bond acceptors (Lipinski definition) is 0. The van der Waals surface area contributed by atoms with E-state index in [9.17, 15) is 0 Å². The fraction of sp³-hybridized carbons (Fsp3) is 0.318. The van der Waals surface area contributed by atoms with Gasteiger partial charge in [-0.2, -0.15) is 4.57 Å². The molecular weight excluding hydrogens is 278 g/mol. The highest BCUT2D eigenvalue weighted by Crippen LogP contribution is 2.29. The van der Waals surface area contributed by atoms with Crippen LogP contribution >= 0.6 is 0 Å². The van der Waals surface area contributed by atoms with E-state index in [-0.39, 0.29) is 5.41 Å². The van der Waals surface area contributed by atoms with Gasteiger partial charge in [0, 0.05) is 23.1 Å². The van der Waals surface area contributed by atoms with Crippen LogP contribution in [-0.4, -0.2) is 0 Å². The largest absolute Gasteiger partial charge is 0.213 e. The molecule has 0 saturated carbocycles. The number of rotatable bonds is 2. The Morgan fingerprint density at radius 3 is 2.26 bits per heavy atom. The number of fused-ring (bicyclic) bond motifs is 1. The molecule has 0 aliphatic carbocycles. The summed E-state index contributed by atoms with van der Waals surface area (Å²) in [5.41, 5.74) is 6.93. The third kappa shape index (κ3) is 3.14. The Labute approximate surface area is 139 Å². The number of benzene rings is 2. The third-order valence-electron chi connectivity index (χ3n) is 4.43. The molecule has 1 heterocycles. The fourth-order valence-corrected chi connectivity index (χ4v) is 3.34. The van der Waals surface area contributed by atoms with E-state index in [2.05, 4.69) is 93.9 Å². The minimum atomic E-state index is 0.270. The first-order valence-corrected chi connectivity index (χ1v) is 8.33. The number of pyridine rings is 1. The van der Waals surface area contributed by atoms with Crippen LogP contribution in [0.25, 0.3) is 22.2 Å². The second kappa shape index (κ2) is 5.81. The van der Waals surface area contributed by atoms with Gasteiger partial charge in [0.05, 0.1) is 0 Å². The Bertz CT molecular complexity index is 853. The van der Waals surface area contributed by atoms with Crippen molar-refractivity contribution in [2.24, 2.45) is 12.5 Å². The third-order valence-corrected chi connectivity index (χ3v) is 4.43. The first kappa shape index (κ1) is 15.7. The summed E-state index contributed by atoms with van der Waals surface area (Å²) in [5, 5.41) is 1.36. The summed E-state index contributed by atoms with van der Waals surface area (Å²) in [6.07, 6.45) is 1.08. The number of nitrogens with zero attached hydrogens (tertiary/aromatic N) is 1. The zero-order valence-electron chi connectivity index (χ0n) is 14.9. The molecule has 0 aliphatic heterocycles. The highest BCUT2D eigenvalue weighted by Gasteiger charge is 2.21. The van der Waals surface area contributed by atoms with Crippen LogP contribution in [0.5, 0.6) is 0 Å². The summed E-state index contributed by atoms with van der Waals surface area (Å²) >= 11 is 0. The molecule has 0 atom stereocenters. The van der Waals surface area contributed by atoms with Gasteiger partial charge in [-0.15, -0.1) is 0 Å². The monoisotopic (exact) mass is 304 g/mol. The van der Waals surface area contributed by atoms with Crippen LogP contribution < -0.4 is 4.57 Å². The summed E-state index contributed by atoms with van der Waals surface area (Å²) in [7, 11) is 2.17. The molecule has 118 valence electrons. The van der Waals surface area contributed by atoms with E-state index in [0.29, 0.717) is 0 Å². The highest BCUT2D eigenvalue weighted by atomic mass is 14.9. The zero-order valence-corrected chi connectivity index (χ0v) is 14.9. The van der Waals surface area contributed by atoms with E-state index in [1.54, 1.807) is 0 Å². The van der Waals surface area contributed by atoms with Gasteiger partial charge in [0.2, 0.25) is 11.2 Å². The van der Waals surface area contributed by atoms with E-state index >= 15 is 0 Å². The molecule has 0 amide bonds. The molecule has 0 radical (unpaired) electrons. The molecule has 0 spiro atoms. The molecule has 23 heavy (non-hydrogen) atoms. The molecular formula is C22H26N+. The Balaban J connectivity index is 2.31. The van der Waals surface area contributed by atoms with Crippen LogP contribution in [0.1, 0.15) is 31.9 Å². The maximum atomic E-state index is 2.38. The van der Waals surface area contributed by atoms with Gasteiger partial charge in [0.1, 0.15) is 7.05 Å². The van der Waals surface area contributed by atoms with Gasteiger partial charge in [0.15, 0.2) is 0 Å². The number of aryl methyl sites for hydroxylation is 2. The molecule has 1 nitrogen and oxygen atoms in total. The lowest BCUT2D eigenvalue weighted by Crippen LogP contribution is -2.33. The van der Waals surface area contributed by atoms with Crippen molar-refractivity contribution in [3.63, 3.8) is 0 Å². The average Bonchev–Trinajstić information content (AvgIpc) is 2.50. The van der Waals surface area contributed by atoms with E-state index < -0.39 is 0 Å². The molecule has 0 aliphatic rings. The van der Waals surface area contributed by atoms with Crippen molar-refractivity contribution in [2.45, 2.75) is 34.1 Å². The van der Waals surface area contributed by atoms with Gasteiger partial charge in [-0.1, -0.05) is 51.1 Å². The maximum absolute atomic E-state index is 2.38. The smallest absolute Gasteiger partial charge is 0.194 e. The van der Waals surface area contributed by atoms with E-state index in [0.717, 1.165) is 6.42 Å². The summed E-state index contributed by atoms with van der Waals surface area (Å²) in [4.78, 5) is 0. The van der Waals surface area contributed by atoms with E-state index in [4.69, 9.17) is 0 Å². The van der Waals surface area contributed by atoms with Gasteiger partial charge in [-0.25, -0.2) is 0 Å². The lowest BCUT2D eigenvalue weighted by Gasteiger charge is -2.19. The van der Waals surface area contributed by atoms with Crippen molar-refractivity contribution in [3.05, 3.63) is 65.7 Å². The van der Waals surface area contributed by atoms with Crippen molar-refractivity contribution in [1.29, 1.82) is 0 Å². The van der Waals surface area contributed by atoms with Gasteiger partial charge in [-0.05, 0) is 42.0 Å². The van der Waals surface area contributed by atoms with E-state index in [1.807, 2.05) is 0 Å². The Morgan fingerprint density at radius 2 is 1.57 bits per heavy atom. The van der Waals surface area contributed by atoms with E-state index in [1.165, 1.54) is 33.3 Å². The number of aromatic nitrogens is 1. The number of para-hydroxylation sites is 1. The van der Waals surface area contributed by atoms with Crippen molar-refractivity contribution in [1.82, 2.24) is 0 Å². The van der Waals surface area contributed by atoms with Crippen LogP contribution in [0.15, 0.2) is 54.6 Å². The summed E-state index contributed by atoms with van der Waals surface area (Å²) in [5.74, 6) is 0. The minimum absolute atomic E-state index is 0.270. The minimum Gasteiger partial charge on any atom is -0.194 e. The van der Waals surface area contributed by atoms with Crippen molar-refractivity contribution < 1.29 is 4.57 Å². The van der Waals surface area contributed by atoms with Crippen molar-refractivity contribution in [2.75, 3.05) is 0 Å². The molecule has 3 aromatic rings. The molecule has 1 aromatic heterocycles. The fourth-order valence-electron chi connectivity index (χ4n) is 3.34. The van der Waals surface area contributed by atoms with Crippen LogP contribution in [-0.2, 0) is 13.5 Å². The first-order valence-electron chi connectivity index (χ1n) is 8.33. The SMILES string of the molecule is Cc1ccccc1-c1cc(CC(C)(C)C)c2ccccc2[n+]1C. The normalized spacial score (nSPS) is 11.9. The first-order chi connectivity index (χ1) is 10.9. The van der Waals surface area contributed by atoms with Crippen LogP contribution in [0.2, 0.25) is 0 Å². The highest BCUT2D eigenvalue weighted by molar-refractivity contribution is 5.82. The summed E-state index contributed by atoms with van der Waals surface area (Å²) in [6.45, 7) is 9.11. The second-order valence-corrected chi connectivity index (χ2v) is 7.68. The standard InChI is InChI=1S/C22H26N/c1-16-10-6-7-11-18(16)21-14-17(15-22(2,3)4)19-12-8-9-13-20(19)23(21)5/h6-14H,15H2,1-5H3/q+1. The van der Waals surface area contributed by atoms with Crippen LogP contribution in [0.3, 0.4) is 0 Å². The lowest BCUT2D eigenvalue weighted by molar-refractivity contribution is -0.633. The van der Waals surface area contributed by atoms with Crippen LogP contribution in [0.4, 0.5) is 0 Å². The topological polar surface area (TPSA) is 3.88 Å². The molecule has 0 unspecified atom stereocenters. The quantitative estimate of drug-likeness (QED) is 0.571. The molecule has 0 fully saturated rings. The molecule has 2 aromatic carbocycles. The van der Waals surface area contributed by atoms with Crippen molar-refractivity contribution >= 4 is 10.9 Å². The molecule has 0 bridgehead atoms. The maximum Gasteiger partial charge on any atom is 0.213 e. The van der Waals surface area contributed by atoms with Crippen LogP contribution in [0, 0.1) is 12.3 Å². The Kier molecular flexibility index (Phi) is 3.97. The van der Waals surface area contributed by atoms with Gasteiger partial charge in [-0.3, -0.25) is 0 Å². The number of hydrogen-bond donors (Lipinski definition) is 0. The predicted molar refractivity (Wildman–Crippen MR) is 98.5 cm³/mol. The Hall–Kier alpha value is -2.15. The molecule has 3 rings (SSSR count). The molecule has 0 saturated heterocycles. The summed E-state index contributed by atoms with van der Waals surface area (Å²) < 4.78 is 2.32. The Morgan fingerprint density at radius 1 is 0.913 bits per heavy atom. The summed E-state index contributed by atoms with van der Waals surface area (Å²) in [6, 6.07) is 19.8. The molecule has 0 N–H and O–H groups in total. The van der Waals surface area contributed by atoms with Gasteiger partial charge in [0.25, 0.3) is 0 Å². The average molecular weight is 304 g/mol. The van der Waals surface area contributed by atoms with Gasteiger partial charge < -0.3 is 0 Å². The second-order valence-electron chi connectivity index (χ2n) is 7.68. The van der Waals surface area contributed by atoms with Gasteiger partial charge >= 0.3 is 0 Å². The molecule has 1 heteroatoms. The zero-order chi connectivity index (χ0) is 16.6.